The molecule has 0 aliphatic carbocycles. The smallest absolute Gasteiger partial charge is 0.336 e. The monoisotopic (exact) mass is 180 g/mol. The van der Waals surface area contributed by atoms with Crippen LogP contribution in [0.25, 0.3) is 0 Å². The second-order valence-electron chi connectivity index (χ2n) is 2.50. The van der Waals surface area contributed by atoms with Gasteiger partial charge in [0, 0.05) is 5.56 Å². The van der Waals surface area contributed by atoms with Gasteiger partial charge in [-0.2, -0.15) is 0 Å². The maximum atomic E-state index is 10.6. The SMILES string of the molecule is O=Cc1ccc(CO)c(C(=O)O)c1. The highest BCUT2D eigenvalue weighted by Gasteiger charge is 2.09. The first kappa shape index (κ1) is 9.41. The van der Waals surface area contributed by atoms with Gasteiger partial charge in [-0.1, -0.05) is 12.1 Å². The molecule has 68 valence electrons. The zero-order valence-corrected chi connectivity index (χ0v) is 6.73. The molecule has 0 fully saturated rings. The van der Waals surface area contributed by atoms with E-state index in [1.165, 1.54) is 18.2 Å². The number of carbonyl (C=O) groups excluding carboxylic acids is 1. The summed E-state index contributed by atoms with van der Waals surface area (Å²) in [5, 5.41) is 17.5. The first-order chi connectivity index (χ1) is 6.19. The first-order valence-corrected chi connectivity index (χ1v) is 3.61. The Kier molecular flexibility index (Phi) is 2.76. The molecule has 4 nitrogen and oxygen atoms in total. The number of aliphatic hydroxyl groups excluding tert-OH is 1. The number of hydrogen-bond acceptors (Lipinski definition) is 3. The third-order valence-electron chi connectivity index (χ3n) is 1.67. The van der Waals surface area contributed by atoms with Crippen LogP contribution in [0.3, 0.4) is 0 Å². The summed E-state index contributed by atoms with van der Waals surface area (Å²) in [6.07, 6.45) is 0.563. The minimum atomic E-state index is -1.15. The Morgan fingerprint density at radius 2 is 2.15 bits per heavy atom. The summed E-state index contributed by atoms with van der Waals surface area (Å²) < 4.78 is 0. The van der Waals surface area contributed by atoms with E-state index in [1.807, 2.05) is 0 Å². The fourth-order valence-corrected chi connectivity index (χ4v) is 1.00. The van der Waals surface area contributed by atoms with Crippen LogP contribution in [-0.4, -0.2) is 22.5 Å². The Morgan fingerprint density at radius 3 is 2.62 bits per heavy atom. The van der Waals surface area contributed by atoms with Gasteiger partial charge in [-0.25, -0.2) is 4.79 Å². The molecule has 0 radical (unpaired) electrons. The van der Waals surface area contributed by atoms with Gasteiger partial charge in [-0.15, -0.1) is 0 Å². The van der Waals surface area contributed by atoms with E-state index in [0.29, 0.717) is 11.8 Å². The molecule has 0 atom stereocenters. The molecule has 0 saturated carbocycles. The molecular weight excluding hydrogens is 172 g/mol. The molecule has 0 aliphatic rings. The highest BCUT2D eigenvalue weighted by molar-refractivity contribution is 5.91. The maximum Gasteiger partial charge on any atom is 0.336 e. The molecule has 0 unspecified atom stereocenters. The molecule has 0 bridgehead atoms. The van der Waals surface area contributed by atoms with Crippen LogP contribution in [0.15, 0.2) is 18.2 Å². The Balaban J connectivity index is 3.25. The van der Waals surface area contributed by atoms with Gasteiger partial charge >= 0.3 is 5.97 Å². The average molecular weight is 180 g/mol. The zero-order valence-electron chi connectivity index (χ0n) is 6.73. The Bertz CT molecular complexity index is 343. The lowest BCUT2D eigenvalue weighted by Crippen LogP contribution is -2.03. The molecule has 0 saturated heterocycles. The van der Waals surface area contributed by atoms with Crippen LogP contribution in [-0.2, 0) is 6.61 Å². The molecule has 0 heterocycles. The summed E-state index contributed by atoms with van der Waals surface area (Å²) in [4.78, 5) is 20.9. The highest BCUT2D eigenvalue weighted by atomic mass is 16.4. The van der Waals surface area contributed by atoms with Crippen molar-refractivity contribution in [3.8, 4) is 0 Å². The molecule has 13 heavy (non-hydrogen) atoms. The lowest BCUT2D eigenvalue weighted by molar-refractivity contribution is 0.0693. The molecule has 4 heteroatoms. The van der Waals surface area contributed by atoms with Crippen LogP contribution < -0.4 is 0 Å². The minimum absolute atomic E-state index is 0.0351. The van der Waals surface area contributed by atoms with Crippen LogP contribution in [0, 0.1) is 0 Å². The zero-order chi connectivity index (χ0) is 9.84. The summed E-state index contributed by atoms with van der Waals surface area (Å²) in [6.45, 7) is -0.346. The quantitative estimate of drug-likeness (QED) is 0.671. The second-order valence-corrected chi connectivity index (χ2v) is 2.50. The number of carbonyl (C=O) groups is 2. The van der Waals surface area contributed by atoms with Crippen LogP contribution >= 0.6 is 0 Å². The normalized spacial score (nSPS) is 9.62. The van der Waals surface area contributed by atoms with Crippen molar-refractivity contribution in [3.63, 3.8) is 0 Å². The number of aliphatic hydroxyl groups is 1. The van der Waals surface area contributed by atoms with Crippen LogP contribution in [0.2, 0.25) is 0 Å². The molecule has 2 N–H and O–H groups in total. The van der Waals surface area contributed by atoms with Gasteiger partial charge in [0.15, 0.2) is 0 Å². The Hall–Kier alpha value is -1.68. The molecule has 0 aromatic heterocycles. The molecule has 1 rings (SSSR count). The van der Waals surface area contributed by atoms with Crippen molar-refractivity contribution < 1.29 is 19.8 Å². The van der Waals surface area contributed by atoms with Crippen LogP contribution in [0.4, 0.5) is 0 Å². The fraction of sp³-hybridized carbons (Fsp3) is 0.111. The molecular formula is C9H8O4. The maximum absolute atomic E-state index is 10.6. The van der Waals surface area contributed by atoms with E-state index in [4.69, 9.17) is 10.2 Å². The fourth-order valence-electron chi connectivity index (χ4n) is 1.00. The van der Waals surface area contributed by atoms with Crippen LogP contribution in [0.5, 0.6) is 0 Å². The lowest BCUT2D eigenvalue weighted by Gasteiger charge is -2.02. The van der Waals surface area contributed by atoms with Crippen molar-refractivity contribution >= 4 is 12.3 Å². The standard InChI is InChI=1S/C9H8O4/c10-4-6-1-2-7(5-11)8(3-6)9(12)13/h1-4,11H,5H2,(H,12,13). The highest BCUT2D eigenvalue weighted by Crippen LogP contribution is 2.11. The van der Waals surface area contributed by atoms with Crippen molar-refractivity contribution in [1.82, 2.24) is 0 Å². The van der Waals surface area contributed by atoms with E-state index in [9.17, 15) is 9.59 Å². The lowest BCUT2D eigenvalue weighted by atomic mass is 10.1. The number of carboxylic acid groups (broad SMARTS) is 1. The summed E-state index contributed by atoms with van der Waals surface area (Å²) in [6, 6.07) is 4.12. The van der Waals surface area contributed by atoms with Gasteiger partial charge in [0.25, 0.3) is 0 Å². The van der Waals surface area contributed by atoms with E-state index >= 15 is 0 Å². The summed E-state index contributed by atoms with van der Waals surface area (Å²) in [5.41, 5.74) is 0.555. The molecule has 0 spiro atoms. The Morgan fingerprint density at radius 1 is 1.46 bits per heavy atom. The van der Waals surface area contributed by atoms with E-state index in [-0.39, 0.29) is 17.7 Å². The average Bonchev–Trinajstić information content (AvgIpc) is 2.16. The largest absolute Gasteiger partial charge is 0.478 e. The van der Waals surface area contributed by atoms with E-state index in [2.05, 4.69) is 0 Å². The van der Waals surface area contributed by atoms with Gasteiger partial charge in [-0.3, -0.25) is 4.79 Å². The van der Waals surface area contributed by atoms with Crippen molar-refractivity contribution in [1.29, 1.82) is 0 Å². The third kappa shape index (κ3) is 1.91. The van der Waals surface area contributed by atoms with Gasteiger partial charge in [-0.05, 0) is 11.6 Å². The van der Waals surface area contributed by atoms with Gasteiger partial charge in [0.05, 0.1) is 12.2 Å². The van der Waals surface area contributed by atoms with Crippen molar-refractivity contribution in [3.05, 3.63) is 34.9 Å². The number of rotatable bonds is 3. The first-order valence-electron chi connectivity index (χ1n) is 3.61. The minimum Gasteiger partial charge on any atom is -0.478 e. The number of aromatic carboxylic acids is 1. The Labute approximate surface area is 74.4 Å². The van der Waals surface area contributed by atoms with E-state index in [0.717, 1.165) is 0 Å². The molecule has 1 aromatic carbocycles. The third-order valence-corrected chi connectivity index (χ3v) is 1.67. The summed E-state index contributed by atoms with van der Waals surface area (Å²) in [5.74, 6) is -1.15. The van der Waals surface area contributed by atoms with Crippen molar-refractivity contribution in [2.24, 2.45) is 0 Å². The van der Waals surface area contributed by atoms with Gasteiger partial charge in [0.2, 0.25) is 0 Å². The van der Waals surface area contributed by atoms with Crippen LogP contribution in [0.1, 0.15) is 26.3 Å². The van der Waals surface area contributed by atoms with Gasteiger partial charge < -0.3 is 10.2 Å². The molecule has 0 aliphatic heterocycles. The number of benzene rings is 1. The topological polar surface area (TPSA) is 74.6 Å². The predicted octanol–water partition coefficient (Wildman–Crippen LogP) is 0.690. The predicted molar refractivity (Wildman–Crippen MR) is 44.7 cm³/mol. The number of hydrogen-bond donors (Lipinski definition) is 2. The summed E-state index contributed by atoms with van der Waals surface area (Å²) >= 11 is 0. The van der Waals surface area contributed by atoms with Crippen molar-refractivity contribution in [2.75, 3.05) is 0 Å². The van der Waals surface area contributed by atoms with E-state index < -0.39 is 5.97 Å². The number of carboxylic acids is 1. The molecule has 1 aromatic rings. The second kappa shape index (κ2) is 3.82. The van der Waals surface area contributed by atoms with E-state index in [1.54, 1.807) is 0 Å². The van der Waals surface area contributed by atoms with Gasteiger partial charge in [0.1, 0.15) is 6.29 Å². The summed E-state index contributed by atoms with van der Waals surface area (Å²) in [7, 11) is 0. The number of aldehydes is 1. The molecule has 0 amide bonds. The van der Waals surface area contributed by atoms with Crippen molar-refractivity contribution in [2.45, 2.75) is 6.61 Å².